The van der Waals surface area contributed by atoms with Crippen molar-refractivity contribution in [2.24, 2.45) is 0 Å². The lowest BCUT2D eigenvalue weighted by Gasteiger charge is -2.27. The minimum absolute atomic E-state index is 0.0843. The quantitative estimate of drug-likeness (QED) is 0.243. The second kappa shape index (κ2) is 10.3. The number of aryl methyl sites for hydroxylation is 1. The molecule has 8 heteroatoms. The highest BCUT2D eigenvalue weighted by atomic mass is 32.1. The van der Waals surface area contributed by atoms with Crippen molar-refractivity contribution < 1.29 is 18.8 Å². The van der Waals surface area contributed by atoms with Gasteiger partial charge in [0.15, 0.2) is 5.76 Å². The first-order valence-electron chi connectivity index (χ1n) is 12.7. The zero-order valence-corrected chi connectivity index (χ0v) is 22.1. The predicted octanol–water partition coefficient (Wildman–Crippen LogP) is 5.88. The minimum atomic E-state index is -0.911. The molecule has 1 aliphatic heterocycles. The molecule has 3 heterocycles. The Labute approximate surface area is 229 Å². The Balaban J connectivity index is 1.25. The van der Waals surface area contributed by atoms with Gasteiger partial charge in [-0.25, -0.2) is 9.88 Å². The molecule has 1 unspecified atom stereocenters. The van der Waals surface area contributed by atoms with Crippen molar-refractivity contribution in [3.8, 4) is 10.6 Å². The summed E-state index contributed by atoms with van der Waals surface area (Å²) < 4.78 is 6.45. The number of benzene rings is 3. The first-order chi connectivity index (χ1) is 19.0. The first-order valence-corrected chi connectivity index (χ1v) is 13.5. The number of anilines is 1. The molecule has 3 amide bonds. The van der Waals surface area contributed by atoms with Gasteiger partial charge in [-0.3, -0.25) is 14.4 Å². The maximum atomic E-state index is 13.6. The number of hydrogen-bond acceptors (Lipinski definition) is 6. The van der Waals surface area contributed by atoms with E-state index in [1.54, 1.807) is 35.6 Å². The van der Waals surface area contributed by atoms with Gasteiger partial charge in [0.05, 0.1) is 28.6 Å². The normalized spacial score (nSPS) is 15.3. The van der Waals surface area contributed by atoms with Crippen molar-refractivity contribution in [2.75, 3.05) is 11.4 Å². The molecule has 0 spiro atoms. The summed E-state index contributed by atoms with van der Waals surface area (Å²) >= 11 is 1.60. The molecule has 0 radical (unpaired) electrons. The number of carbonyl (C=O) groups is 3. The molecule has 0 N–H and O–H groups in total. The maximum Gasteiger partial charge on any atom is 0.290 e. The fourth-order valence-corrected chi connectivity index (χ4v) is 5.94. The highest BCUT2D eigenvalue weighted by molar-refractivity contribution is 7.21. The molecule has 194 valence electrons. The Kier molecular flexibility index (Phi) is 6.54. The number of imide groups is 1. The van der Waals surface area contributed by atoms with Crippen LogP contribution in [0, 0.1) is 6.92 Å². The summed E-state index contributed by atoms with van der Waals surface area (Å²) in [5.74, 6) is -1.04. The van der Waals surface area contributed by atoms with E-state index in [0.717, 1.165) is 26.4 Å². The van der Waals surface area contributed by atoms with Crippen LogP contribution in [0.1, 0.15) is 28.1 Å². The van der Waals surface area contributed by atoms with E-state index in [2.05, 4.69) is 13.0 Å². The third-order valence-corrected chi connectivity index (χ3v) is 7.96. The topological polar surface area (TPSA) is 83.7 Å². The SMILES string of the molecule is Cc1ccc2nc(-c3ccc(N4C(=O)CC(N(CCc5ccccc5)C(=O)c5ccco5)C4=O)cc3)sc2c1. The van der Waals surface area contributed by atoms with Gasteiger partial charge in [0.1, 0.15) is 11.0 Å². The highest BCUT2D eigenvalue weighted by Gasteiger charge is 2.44. The molecule has 0 saturated carbocycles. The fraction of sp³-hybridized carbons (Fsp3) is 0.161. The van der Waals surface area contributed by atoms with Gasteiger partial charge in [0, 0.05) is 12.1 Å². The molecule has 0 aliphatic carbocycles. The second-order valence-electron chi connectivity index (χ2n) is 9.54. The van der Waals surface area contributed by atoms with E-state index >= 15 is 0 Å². The second-order valence-corrected chi connectivity index (χ2v) is 10.6. The van der Waals surface area contributed by atoms with Gasteiger partial charge < -0.3 is 9.32 Å². The van der Waals surface area contributed by atoms with E-state index in [1.807, 2.05) is 54.6 Å². The van der Waals surface area contributed by atoms with E-state index in [1.165, 1.54) is 21.6 Å². The Bertz CT molecular complexity index is 1660. The predicted molar refractivity (Wildman–Crippen MR) is 151 cm³/mol. The molecule has 1 fully saturated rings. The molecule has 2 aromatic heterocycles. The average Bonchev–Trinajstić information content (AvgIpc) is 3.69. The van der Waals surface area contributed by atoms with Crippen LogP contribution in [0.2, 0.25) is 0 Å². The van der Waals surface area contributed by atoms with Crippen molar-refractivity contribution in [1.82, 2.24) is 9.88 Å². The van der Waals surface area contributed by atoms with E-state index in [4.69, 9.17) is 9.40 Å². The molecule has 7 nitrogen and oxygen atoms in total. The summed E-state index contributed by atoms with van der Waals surface area (Å²) in [6, 6.07) is 25.4. The van der Waals surface area contributed by atoms with Crippen molar-refractivity contribution in [3.05, 3.63) is 108 Å². The van der Waals surface area contributed by atoms with Gasteiger partial charge in [0.25, 0.3) is 11.8 Å². The van der Waals surface area contributed by atoms with Crippen molar-refractivity contribution in [2.45, 2.75) is 25.8 Å². The lowest BCUT2D eigenvalue weighted by molar-refractivity contribution is -0.122. The van der Waals surface area contributed by atoms with Crippen molar-refractivity contribution >= 4 is 45.0 Å². The van der Waals surface area contributed by atoms with Crippen molar-refractivity contribution in [1.29, 1.82) is 0 Å². The van der Waals surface area contributed by atoms with E-state index in [0.29, 0.717) is 12.1 Å². The molecule has 1 atom stereocenters. The summed E-state index contributed by atoms with van der Waals surface area (Å²) in [4.78, 5) is 47.5. The number of nitrogens with zero attached hydrogens (tertiary/aromatic N) is 3. The number of carbonyl (C=O) groups excluding carboxylic acids is 3. The number of amides is 3. The van der Waals surface area contributed by atoms with Crippen LogP contribution in [-0.4, -0.2) is 40.2 Å². The van der Waals surface area contributed by atoms with Crippen LogP contribution >= 0.6 is 11.3 Å². The first kappa shape index (κ1) is 24.8. The molecule has 3 aromatic carbocycles. The highest BCUT2D eigenvalue weighted by Crippen LogP contribution is 2.33. The Hall–Kier alpha value is -4.56. The molecule has 1 saturated heterocycles. The van der Waals surface area contributed by atoms with Crippen LogP contribution in [0.5, 0.6) is 0 Å². The molecular weight excluding hydrogens is 510 g/mol. The Morgan fingerprint density at radius 1 is 1.03 bits per heavy atom. The summed E-state index contributed by atoms with van der Waals surface area (Å²) in [6.45, 7) is 2.33. The van der Waals surface area contributed by atoms with Crippen LogP contribution in [0.4, 0.5) is 5.69 Å². The summed E-state index contributed by atoms with van der Waals surface area (Å²) in [6.07, 6.45) is 1.88. The van der Waals surface area contributed by atoms with Crippen LogP contribution < -0.4 is 4.90 Å². The molecule has 1 aliphatic rings. The van der Waals surface area contributed by atoms with Crippen LogP contribution in [0.25, 0.3) is 20.8 Å². The zero-order chi connectivity index (χ0) is 26.9. The summed E-state index contributed by atoms with van der Waals surface area (Å²) in [7, 11) is 0. The number of hydrogen-bond donors (Lipinski definition) is 0. The Morgan fingerprint density at radius 2 is 1.82 bits per heavy atom. The number of furan rings is 1. The molecule has 0 bridgehead atoms. The van der Waals surface area contributed by atoms with Gasteiger partial charge >= 0.3 is 0 Å². The minimum Gasteiger partial charge on any atom is -0.459 e. The third kappa shape index (κ3) is 4.86. The summed E-state index contributed by atoms with van der Waals surface area (Å²) in [5, 5.41) is 0.871. The summed E-state index contributed by atoms with van der Waals surface area (Å²) in [5.41, 5.74) is 4.53. The molecular formula is C31H25N3O4S. The van der Waals surface area contributed by atoms with Gasteiger partial charge in [-0.05, 0) is 73.0 Å². The molecule has 6 rings (SSSR count). The van der Waals surface area contributed by atoms with Crippen molar-refractivity contribution in [3.63, 3.8) is 0 Å². The fourth-order valence-electron chi connectivity index (χ4n) is 4.87. The van der Waals surface area contributed by atoms with E-state index in [-0.39, 0.29) is 24.6 Å². The van der Waals surface area contributed by atoms with Gasteiger partial charge in [-0.1, -0.05) is 36.4 Å². The Morgan fingerprint density at radius 3 is 2.56 bits per heavy atom. The van der Waals surface area contributed by atoms with Crippen LogP contribution in [-0.2, 0) is 16.0 Å². The number of rotatable bonds is 7. The number of aromatic nitrogens is 1. The standard InChI is InChI=1S/C31H25N3O4S/c1-20-9-14-24-27(18-20)39-29(32-24)22-10-12-23(13-11-22)34-28(35)19-25(30(34)36)33(31(37)26-8-5-17-38-26)16-15-21-6-3-2-4-7-21/h2-14,17-18,25H,15-16,19H2,1H3. The molecule has 5 aromatic rings. The average molecular weight is 536 g/mol. The van der Waals surface area contributed by atoms with Gasteiger partial charge in [-0.2, -0.15) is 0 Å². The van der Waals surface area contributed by atoms with E-state index in [9.17, 15) is 14.4 Å². The number of thiazole rings is 1. The molecule has 39 heavy (non-hydrogen) atoms. The zero-order valence-electron chi connectivity index (χ0n) is 21.2. The van der Waals surface area contributed by atoms with E-state index < -0.39 is 17.9 Å². The third-order valence-electron chi connectivity index (χ3n) is 6.89. The van der Waals surface area contributed by atoms with Crippen LogP contribution in [0.15, 0.2) is 95.6 Å². The largest absolute Gasteiger partial charge is 0.459 e. The van der Waals surface area contributed by atoms with Crippen LogP contribution in [0.3, 0.4) is 0 Å². The lowest BCUT2D eigenvalue weighted by atomic mass is 10.1. The smallest absolute Gasteiger partial charge is 0.290 e. The maximum absolute atomic E-state index is 13.6. The number of fused-ring (bicyclic) bond motifs is 1. The van der Waals surface area contributed by atoms with Gasteiger partial charge in [0.2, 0.25) is 5.91 Å². The lowest BCUT2D eigenvalue weighted by Crippen LogP contribution is -2.46. The van der Waals surface area contributed by atoms with Gasteiger partial charge in [-0.15, -0.1) is 11.3 Å². The monoisotopic (exact) mass is 535 g/mol.